The van der Waals surface area contributed by atoms with E-state index in [0.29, 0.717) is 18.2 Å². The van der Waals surface area contributed by atoms with Gasteiger partial charge in [-0.2, -0.15) is 0 Å². The molecule has 0 spiro atoms. The highest BCUT2D eigenvalue weighted by atomic mass is 16.2. The number of amides is 1. The standard InChI is InChI=1S/C16H13N5O/c1-21(12-6-10-4-2-3-5-13(10)17-9-12)16-19-8-11-7-18-15(22)14(11)20-16/h2-6,8-9H,7H2,1H3,(H,18,22). The smallest absolute Gasteiger partial charge is 0.270 e. The highest BCUT2D eigenvalue weighted by Gasteiger charge is 2.22. The molecule has 3 aromatic rings. The second-order valence-corrected chi connectivity index (χ2v) is 5.17. The number of hydrogen-bond acceptors (Lipinski definition) is 5. The molecule has 4 rings (SSSR count). The molecule has 6 nitrogen and oxygen atoms in total. The minimum atomic E-state index is -0.149. The zero-order valence-electron chi connectivity index (χ0n) is 11.9. The van der Waals surface area contributed by atoms with E-state index in [9.17, 15) is 4.79 Å². The van der Waals surface area contributed by atoms with Crippen LogP contribution in [0.2, 0.25) is 0 Å². The van der Waals surface area contributed by atoms with Crippen molar-refractivity contribution in [1.82, 2.24) is 20.3 Å². The van der Waals surface area contributed by atoms with Gasteiger partial charge in [0.1, 0.15) is 5.69 Å². The molecule has 6 heteroatoms. The molecule has 1 aromatic carbocycles. The van der Waals surface area contributed by atoms with Gasteiger partial charge in [-0.05, 0) is 12.1 Å². The van der Waals surface area contributed by atoms with Crippen LogP contribution in [0.5, 0.6) is 0 Å². The first-order valence-corrected chi connectivity index (χ1v) is 6.95. The van der Waals surface area contributed by atoms with Crippen LogP contribution in [0, 0.1) is 0 Å². The van der Waals surface area contributed by atoms with Crippen LogP contribution in [0.25, 0.3) is 10.9 Å². The predicted octanol–water partition coefficient (Wildman–Crippen LogP) is 2.04. The molecule has 0 fully saturated rings. The first kappa shape index (κ1) is 12.7. The van der Waals surface area contributed by atoms with Crippen molar-refractivity contribution in [1.29, 1.82) is 0 Å². The van der Waals surface area contributed by atoms with Crippen molar-refractivity contribution in [3.63, 3.8) is 0 Å². The second-order valence-electron chi connectivity index (χ2n) is 5.17. The number of hydrogen-bond donors (Lipinski definition) is 1. The summed E-state index contributed by atoms with van der Waals surface area (Å²) in [7, 11) is 1.86. The number of rotatable bonds is 2. The Hall–Kier alpha value is -3.02. The molecule has 1 aliphatic heterocycles. The Labute approximate surface area is 126 Å². The number of anilines is 2. The normalized spacial score (nSPS) is 13.0. The lowest BCUT2D eigenvalue weighted by molar-refractivity contribution is 0.0961. The molecule has 0 saturated heterocycles. The molecule has 0 atom stereocenters. The van der Waals surface area contributed by atoms with Crippen molar-refractivity contribution in [2.24, 2.45) is 0 Å². The molecule has 22 heavy (non-hydrogen) atoms. The van der Waals surface area contributed by atoms with Gasteiger partial charge in [0.25, 0.3) is 5.91 Å². The molecular weight excluding hydrogens is 278 g/mol. The average molecular weight is 291 g/mol. The monoisotopic (exact) mass is 291 g/mol. The van der Waals surface area contributed by atoms with Crippen LogP contribution in [0.4, 0.5) is 11.6 Å². The fourth-order valence-corrected chi connectivity index (χ4v) is 2.50. The zero-order chi connectivity index (χ0) is 15.1. The second kappa shape index (κ2) is 4.77. The lowest BCUT2D eigenvalue weighted by Gasteiger charge is -2.17. The van der Waals surface area contributed by atoms with Gasteiger partial charge >= 0.3 is 0 Å². The van der Waals surface area contributed by atoms with E-state index >= 15 is 0 Å². The van der Waals surface area contributed by atoms with Gasteiger partial charge < -0.3 is 10.2 Å². The van der Waals surface area contributed by atoms with E-state index in [1.165, 1.54) is 0 Å². The highest BCUT2D eigenvalue weighted by molar-refractivity contribution is 5.96. The van der Waals surface area contributed by atoms with E-state index in [1.54, 1.807) is 12.4 Å². The largest absolute Gasteiger partial charge is 0.346 e. The minimum Gasteiger partial charge on any atom is -0.346 e. The van der Waals surface area contributed by atoms with E-state index in [2.05, 4.69) is 20.3 Å². The van der Waals surface area contributed by atoms with E-state index in [0.717, 1.165) is 22.2 Å². The minimum absolute atomic E-state index is 0.149. The van der Waals surface area contributed by atoms with Crippen LogP contribution in [-0.2, 0) is 6.54 Å². The van der Waals surface area contributed by atoms with Gasteiger partial charge in [0.2, 0.25) is 5.95 Å². The summed E-state index contributed by atoms with van der Waals surface area (Å²) in [6.45, 7) is 0.496. The molecule has 3 heterocycles. The fourth-order valence-electron chi connectivity index (χ4n) is 2.50. The molecule has 0 saturated carbocycles. The van der Waals surface area contributed by atoms with Crippen LogP contribution in [0.15, 0.2) is 42.7 Å². The molecule has 0 bridgehead atoms. The quantitative estimate of drug-likeness (QED) is 0.782. The Morgan fingerprint density at radius 2 is 2.05 bits per heavy atom. The lowest BCUT2D eigenvalue weighted by Crippen LogP contribution is -2.17. The summed E-state index contributed by atoms with van der Waals surface area (Å²) >= 11 is 0. The maximum atomic E-state index is 11.7. The topological polar surface area (TPSA) is 71.0 Å². The summed E-state index contributed by atoms with van der Waals surface area (Å²) in [6.07, 6.45) is 3.47. The van der Waals surface area contributed by atoms with Crippen LogP contribution >= 0.6 is 0 Å². The van der Waals surface area contributed by atoms with E-state index in [1.807, 2.05) is 42.3 Å². The van der Waals surface area contributed by atoms with Crippen LogP contribution in [0.1, 0.15) is 16.1 Å². The molecular formula is C16H13N5O. The van der Waals surface area contributed by atoms with Crippen LogP contribution in [-0.4, -0.2) is 27.9 Å². The number of benzene rings is 1. The number of aromatic nitrogens is 3. The van der Waals surface area contributed by atoms with Gasteiger partial charge in [0.15, 0.2) is 0 Å². The Morgan fingerprint density at radius 1 is 1.18 bits per heavy atom. The Bertz CT molecular complexity index is 893. The molecule has 0 radical (unpaired) electrons. The third-order valence-corrected chi connectivity index (χ3v) is 3.77. The maximum Gasteiger partial charge on any atom is 0.270 e. The number of carbonyl (C=O) groups is 1. The summed E-state index contributed by atoms with van der Waals surface area (Å²) in [5.41, 5.74) is 3.09. The third-order valence-electron chi connectivity index (χ3n) is 3.77. The number of pyridine rings is 1. The van der Waals surface area contributed by atoms with E-state index in [-0.39, 0.29) is 5.91 Å². The molecule has 108 valence electrons. The molecule has 0 unspecified atom stereocenters. The van der Waals surface area contributed by atoms with Crippen LogP contribution in [0.3, 0.4) is 0 Å². The zero-order valence-corrected chi connectivity index (χ0v) is 11.9. The maximum absolute atomic E-state index is 11.7. The van der Waals surface area contributed by atoms with Gasteiger partial charge in [-0.25, -0.2) is 9.97 Å². The Balaban J connectivity index is 1.75. The van der Waals surface area contributed by atoms with Gasteiger partial charge in [0, 0.05) is 30.7 Å². The molecule has 2 aromatic heterocycles. The molecule has 1 aliphatic rings. The summed E-state index contributed by atoms with van der Waals surface area (Å²) in [5.74, 6) is 0.330. The molecule has 1 amide bonds. The number of carbonyl (C=O) groups excluding carboxylic acids is 1. The first-order chi connectivity index (χ1) is 10.7. The van der Waals surface area contributed by atoms with Gasteiger partial charge in [-0.3, -0.25) is 9.78 Å². The average Bonchev–Trinajstić information content (AvgIpc) is 2.94. The van der Waals surface area contributed by atoms with Crippen molar-refractivity contribution >= 4 is 28.4 Å². The fraction of sp³-hybridized carbons (Fsp3) is 0.125. The number of nitrogens with zero attached hydrogens (tertiary/aromatic N) is 4. The van der Waals surface area contributed by atoms with Crippen molar-refractivity contribution in [3.8, 4) is 0 Å². The van der Waals surface area contributed by atoms with Crippen molar-refractivity contribution in [3.05, 3.63) is 54.0 Å². The Morgan fingerprint density at radius 3 is 2.95 bits per heavy atom. The van der Waals surface area contributed by atoms with Crippen molar-refractivity contribution in [2.45, 2.75) is 6.54 Å². The highest BCUT2D eigenvalue weighted by Crippen LogP contribution is 2.24. The number of fused-ring (bicyclic) bond motifs is 2. The van der Waals surface area contributed by atoms with Gasteiger partial charge in [-0.15, -0.1) is 0 Å². The van der Waals surface area contributed by atoms with E-state index < -0.39 is 0 Å². The summed E-state index contributed by atoms with van der Waals surface area (Å²) < 4.78 is 0. The summed E-state index contributed by atoms with van der Waals surface area (Å²) in [6, 6.07) is 9.94. The third kappa shape index (κ3) is 1.96. The first-order valence-electron chi connectivity index (χ1n) is 6.95. The van der Waals surface area contributed by atoms with Crippen LogP contribution < -0.4 is 10.2 Å². The predicted molar refractivity (Wildman–Crippen MR) is 83.0 cm³/mol. The van der Waals surface area contributed by atoms with E-state index in [4.69, 9.17) is 0 Å². The molecule has 1 N–H and O–H groups in total. The number of para-hydroxylation sites is 1. The molecule has 0 aliphatic carbocycles. The summed E-state index contributed by atoms with van der Waals surface area (Å²) in [4.78, 5) is 26.7. The van der Waals surface area contributed by atoms with Crippen molar-refractivity contribution in [2.75, 3.05) is 11.9 Å². The lowest BCUT2D eigenvalue weighted by atomic mass is 10.2. The van der Waals surface area contributed by atoms with Crippen molar-refractivity contribution < 1.29 is 4.79 Å². The Kier molecular flexibility index (Phi) is 2.75. The van der Waals surface area contributed by atoms with Gasteiger partial charge in [0.05, 0.1) is 17.4 Å². The SMILES string of the molecule is CN(c1cnc2ccccc2c1)c1ncc2c(n1)C(=O)NC2. The number of nitrogens with one attached hydrogen (secondary N) is 1. The summed E-state index contributed by atoms with van der Waals surface area (Å²) in [5, 5.41) is 3.79. The van der Waals surface area contributed by atoms with Gasteiger partial charge in [-0.1, -0.05) is 18.2 Å².